The molecule has 8 heteroatoms. The van der Waals surface area contributed by atoms with E-state index >= 15 is 0 Å². The fraction of sp³-hybridized carbons (Fsp3) is 0.125. The van der Waals surface area contributed by atoms with Gasteiger partial charge >= 0.3 is 0 Å². The number of hydrogen-bond donors (Lipinski definition) is 0. The molecule has 1 aliphatic heterocycles. The molecule has 32 heavy (non-hydrogen) atoms. The molecule has 1 aliphatic rings. The third kappa shape index (κ3) is 4.16. The molecular weight excluding hydrogens is 443 g/mol. The molecule has 5 nitrogen and oxygen atoms in total. The standard InChI is InChI=1S/C24H19FN4OS2/c25-18-12-10-17(11-13-18)23-26-27-24(29(23)19-6-2-1-3-7-19)32-16-22(30)28-14-15-31-21-9-5-4-8-20(21)28/h1-13H,14-16H2. The van der Waals surface area contributed by atoms with Gasteiger partial charge in [-0.2, -0.15) is 0 Å². The number of fused-ring (bicyclic) bond motifs is 1. The van der Waals surface area contributed by atoms with Crippen molar-refractivity contribution in [3.63, 3.8) is 0 Å². The summed E-state index contributed by atoms with van der Waals surface area (Å²) < 4.78 is 15.3. The number of rotatable bonds is 5. The summed E-state index contributed by atoms with van der Waals surface area (Å²) in [6.45, 7) is 0.688. The summed E-state index contributed by atoms with van der Waals surface area (Å²) >= 11 is 3.13. The van der Waals surface area contributed by atoms with Gasteiger partial charge in [-0.1, -0.05) is 42.1 Å². The number of hydrogen-bond acceptors (Lipinski definition) is 5. The molecular formula is C24H19FN4OS2. The lowest BCUT2D eigenvalue weighted by Gasteiger charge is -2.28. The summed E-state index contributed by atoms with van der Waals surface area (Å²) in [7, 11) is 0. The van der Waals surface area contributed by atoms with Crippen LogP contribution in [-0.4, -0.2) is 38.7 Å². The molecule has 0 bridgehead atoms. The molecule has 1 amide bonds. The minimum atomic E-state index is -0.306. The Balaban J connectivity index is 1.43. The van der Waals surface area contributed by atoms with Gasteiger partial charge in [-0.25, -0.2) is 4.39 Å². The van der Waals surface area contributed by atoms with Gasteiger partial charge in [0.25, 0.3) is 0 Å². The molecule has 0 unspecified atom stereocenters. The van der Waals surface area contributed by atoms with Crippen molar-refractivity contribution in [2.24, 2.45) is 0 Å². The molecule has 5 rings (SSSR count). The molecule has 2 heterocycles. The van der Waals surface area contributed by atoms with Gasteiger partial charge in [0.2, 0.25) is 5.91 Å². The zero-order valence-corrected chi connectivity index (χ0v) is 18.7. The molecule has 160 valence electrons. The molecule has 0 fully saturated rings. The summed E-state index contributed by atoms with van der Waals surface area (Å²) in [5.74, 6) is 1.45. The first kappa shape index (κ1) is 20.8. The quantitative estimate of drug-likeness (QED) is 0.377. The zero-order valence-electron chi connectivity index (χ0n) is 17.0. The predicted octanol–water partition coefficient (Wildman–Crippen LogP) is 5.30. The molecule has 0 saturated heterocycles. The van der Waals surface area contributed by atoms with Crippen LogP contribution < -0.4 is 4.90 Å². The number of amides is 1. The Hall–Kier alpha value is -3.10. The summed E-state index contributed by atoms with van der Waals surface area (Å²) in [5.41, 5.74) is 2.60. The summed E-state index contributed by atoms with van der Waals surface area (Å²) in [4.78, 5) is 16.1. The highest BCUT2D eigenvalue weighted by Gasteiger charge is 2.24. The first-order chi connectivity index (χ1) is 15.7. The molecule has 0 aliphatic carbocycles. The van der Waals surface area contributed by atoms with Crippen LogP contribution in [0.2, 0.25) is 0 Å². The Labute approximate surface area is 193 Å². The van der Waals surface area contributed by atoms with Crippen molar-refractivity contribution in [2.75, 3.05) is 23.0 Å². The summed E-state index contributed by atoms with van der Waals surface area (Å²) in [6, 6.07) is 23.9. The van der Waals surface area contributed by atoms with E-state index in [2.05, 4.69) is 10.2 Å². The van der Waals surface area contributed by atoms with Gasteiger partial charge in [0, 0.05) is 28.4 Å². The Morgan fingerprint density at radius 3 is 2.53 bits per heavy atom. The molecule has 0 atom stereocenters. The van der Waals surface area contributed by atoms with Crippen molar-refractivity contribution < 1.29 is 9.18 Å². The smallest absolute Gasteiger partial charge is 0.237 e. The number of benzene rings is 3. The van der Waals surface area contributed by atoms with Gasteiger partial charge in [-0.15, -0.1) is 22.0 Å². The van der Waals surface area contributed by atoms with Crippen molar-refractivity contribution in [2.45, 2.75) is 10.1 Å². The highest BCUT2D eigenvalue weighted by atomic mass is 32.2. The SMILES string of the molecule is O=C(CSc1nnc(-c2ccc(F)cc2)n1-c1ccccc1)N1CCSc2ccccc21. The van der Waals surface area contributed by atoms with Crippen molar-refractivity contribution in [1.29, 1.82) is 0 Å². The number of aromatic nitrogens is 3. The largest absolute Gasteiger partial charge is 0.310 e. The Morgan fingerprint density at radius 1 is 0.969 bits per heavy atom. The minimum Gasteiger partial charge on any atom is -0.310 e. The Kier molecular flexibility index (Phi) is 5.96. The van der Waals surface area contributed by atoms with Crippen LogP contribution in [0.4, 0.5) is 10.1 Å². The molecule has 0 spiro atoms. The van der Waals surface area contributed by atoms with Crippen LogP contribution >= 0.6 is 23.5 Å². The first-order valence-electron chi connectivity index (χ1n) is 10.1. The van der Waals surface area contributed by atoms with Gasteiger partial charge in [0.15, 0.2) is 11.0 Å². The van der Waals surface area contributed by atoms with E-state index in [9.17, 15) is 9.18 Å². The minimum absolute atomic E-state index is 0.0358. The fourth-order valence-corrected chi connectivity index (χ4v) is 5.41. The van der Waals surface area contributed by atoms with Crippen LogP contribution in [0, 0.1) is 5.82 Å². The van der Waals surface area contributed by atoms with E-state index in [1.807, 2.05) is 64.1 Å². The number of thioether (sulfide) groups is 2. The summed E-state index contributed by atoms with van der Waals surface area (Å²) in [5, 5.41) is 9.33. The number of carbonyl (C=O) groups excluding carboxylic acids is 1. The third-order valence-corrected chi connectivity index (χ3v) is 7.06. The normalized spacial score (nSPS) is 13.1. The number of anilines is 1. The van der Waals surface area contributed by atoms with E-state index in [1.54, 1.807) is 23.9 Å². The predicted molar refractivity (Wildman–Crippen MR) is 127 cm³/mol. The molecule has 0 saturated carbocycles. The van der Waals surface area contributed by atoms with E-state index in [0.29, 0.717) is 17.5 Å². The van der Waals surface area contributed by atoms with Crippen molar-refractivity contribution in [1.82, 2.24) is 14.8 Å². The molecule has 0 radical (unpaired) electrons. The van der Waals surface area contributed by atoms with E-state index < -0.39 is 0 Å². The lowest BCUT2D eigenvalue weighted by Crippen LogP contribution is -2.36. The monoisotopic (exact) mass is 462 g/mol. The van der Waals surface area contributed by atoms with Crippen LogP contribution in [0.15, 0.2) is 88.9 Å². The molecule has 3 aromatic carbocycles. The number of carbonyl (C=O) groups is 1. The fourth-order valence-electron chi connectivity index (χ4n) is 3.59. The van der Waals surface area contributed by atoms with Gasteiger partial charge in [0.1, 0.15) is 5.82 Å². The van der Waals surface area contributed by atoms with Crippen LogP contribution in [0.5, 0.6) is 0 Å². The number of nitrogens with zero attached hydrogens (tertiary/aromatic N) is 4. The maximum atomic E-state index is 13.4. The second kappa shape index (κ2) is 9.18. The number of para-hydroxylation sites is 2. The van der Waals surface area contributed by atoms with E-state index in [-0.39, 0.29) is 17.5 Å². The maximum absolute atomic E-state index is 13.4. The first-order valence-corrected chi connectivity index (χ1v) is 12.1. The van der Waals surface area contributed by atoms with E-state index in [0.717, 1.165) is 27.6 Å². The zero-order chi connectivity index (χ0) is 21.9. The lowest BCUT2D eigenvalue weighted by atomic mass is 10.2. The number of halogens is 1. The molecule has 1 aromatic heterocycles. The van der Waals surface area contributed by atoms with Gasteiger partial charge in [-0.05, 0) is 48.5 Å². The molecule has 0 N–H and O–H groups in total. The maximum Gasteiger partial charge on any atom is 0.237 e. The van der Waals surface area contributed by atoms with Crippen LogP contribution in [0.3, 0.4) is 0 Å². The highest BCUT2D eigenvalue weighted by Crippen LogP contribution is 2.35. The van der Waals surface area contributed by atoms with Crippen LogP contribution in [0.25, 0.3) is 17.1 Å². The van der Waals surface area contributed by atoms with Gasteiger partial charge < -0.3 is 4.90 Å². The topological polar surface area (TPSA) is 51.0 Å². The van der Waals surface area contributed by atoms with Crippen molar-refractivity contribution >= 4 is 35.1 Å². The average molecular weight is 463 g/mol. The van der Waals surface area contributed by atoms with Gasteiger partial charge in [-0.3, -0.25) is 9.36 Å². The molecule has 4 aromatic rings. The van der Waals surface area contributed by atoms with E-state index in [1.165, 1.54) is 23.9 Å². The highest BCUT2D eigenvalue weighted by molar-refractivity contribution is 8.00. The van der Waals surface area contributed by atoms with Crippen LogP contribution in [0.1, 0.15) is 0 Å². The van der Waals surface area contributed by atoms with E-state index in [4.69, 9.17) is 0 Å². The summed E-state index contributed by atoms with van der Waals surface area (Å²) in [6.07, 6.45) is 0. The third-order valence-electron chi connectivity index (χ3n) is 5.10. The van der Waals surface area contributed by atoms with Crippen molar-refractivity contribution in [3.8, 4) is 17.1 Å². The van der Waals surface area contributed by atoms with Gasteiger partial charge in [0.05, 0.1) is 11.4 Å². The van der Waals surface area contributed by atoms with Crippen LogP contribution in [-0.2, 0) is 4.79 Å². The average Bonchev–Trinajstić information content (AvgIpc) is 3.27. The Morgan fingerprint density at radius 2 is 1.72 bits per heavy atom. The lowest BCUT2D eigenvalue weighted by molar-refractivity contribution is -0.116. The van der Waals surface area contributed by atoms with Crippen molar-refractivity contribution in [3.05, 3.63) is 84.7 Å². The second-order valence-electron chi connectivity index (χ2n) is 7.13. The Bertz CT molecular complexity index is 1240. The second-order valence-corrected chi connectivity index (χ2v) is 9.21.